The molecule has 5 nitrogen and oxygen atoms in total. The Morgan fingerprint density at radius 3 is 3.00 bits per heavy atom. The number of aromatic nitrogens is 2. The first kappa shape index (κ1) is 12.1. The fraction of sp³-hybridized carbons (Fsp3) is 0.167. The first-order valence-electron chi connectivity index (χ1n) is 5.39. The highest BCUT2D eigenvalue weighted by atomic mass is 19.1. The molecule has 0 unspecified atom stereocenters. The number of carbonyl (C=O) groups excluding carboxylic acids is 1. The van der Waals surface area contributed by atoms with Crippen LogP contribution >= 0.6 is 0 Å². The predicted molar refractivity (Wildman–Crippen MR) is 63.9 cm³/mol. The molecule has 6 heteroatoms. The number of esters is 1. The number of halogens is 1. The Morgan fingerprint density at radius 2 is 2.33 bits per heavy atom. The average molecular weight is 249 g/mol. The number of nitrogens with zero attached hydrogens (tertiary/aromatic N) is 2. The van der Waals surface area contributed by atoms with Crippen LogP contribution in [0.4, 0.5) is 10.1 Å². The molecule has 94 valence electrons. The second-order valence-electron chi connectivity index (χ2n) is 3.60. The third-order valence-corrected chi connectivity index (χ3v) is 2.31. The van der Waals surface area contributed by atoms with Crippen molar-refractivity contribution < 1.29 is 13.9 Å². The minimum absolute atomic E-state index is 0.222. The van der Waals surface area contributed by atoms with E-state index in [0.29, 0.717) is 5.69 Å². The van der Waals surface area contributed by atoms with Crippen molar-refractivity contribution in [1.29, 1.82) is 0 Å². The van der Waals surface area contributed by atoms with Crippen molar-refractivity contribution >= 4 is 11.7 Å². The summed E-state index contributed by atoms with van der Waals surface area (Å²) in [6.07, 6.45) is 2.74. The largest absolute Gasteiger partial charge is 0.462 e. The number of hydrogen-bond donors (Lipinski definition) is 1. The minimum Gasteiger partial charge on any atom is -0.462 e. The topological polar surface area (TPSA) is 70.1 Å². The molecule has 18 heavy (non-hydrogen) atoms. The van der Waals surface area contributed by atoms with E-state index in [9.17, 15) is 9.18 Å². The molecule has 0 aliphatic rings. The van der Waals surface area contributed by atoms with Crippen molar-refractivity contribution in [1.82, 2.24) is 9.78 Å². The molecule has 0 aliphatic heterocycles. The fourth-order valence-electron chi connectivity index (χ4n) is 1.48. The molecule has 1 heterocycles. The van der Waals surface area contributed by atoms with Gasteiger partial charge in [-0.25, -0.2) is 13.9 Å². The van der Waals surface area contributed by atoms with Crippen molar-refractivity contribution in [3.63, 3.8) is 0 Å². The Labute approximate surface area is 103 Å². The number of anilines is 1. The molecule has 2 aromatic rings. The molecule has 1 aromatic heterocycles. The van der Waals surface area contributed by atoms with Crippen LogP contribution in [0.25, 0.3) is 5.69 Å². The van der Waals surface area contributed by atoms with Crippen LogP contribution < -0.4 is 5.73 Å². The number of rotatable bonds is 3. The van der Waals surface area contributed by atoms with Gasteiger partial charge in [0.15, 0.2) is 5.82 Å². The highest BCUT2D eigenvalue weighted by Gasteiger charge is 2.12. The van der Waals surface area contributed by atoms with Crippen LogP contribution in [-0.2, 0) is 4.74 Å². The second kappa shape index (κ2) is 4.87. The van der Waals surface area contributed by atoms with E-state index in [4.69, 9.17) is 10.5 Å². The standard InChI is InChI=1S/C12H12FN3O2/c1-2-18-12(17)8-6-15-16(7-8)11-4-3-9(14)5-10(11)13/h3-7H,2,14H2,1H3. The van der Waals surface area contributed by atoms with Crippen molar-refractivity contribution in [3.05, 3.63) is 42.0 Å². The molecule has 0 fully saturated rings. The molecule has 0 bridgehead atoms. The number of nitrogens with two attached hydrogens (primary N) is 1. The lowest BCUT2D eigenvalue weighted by molar-refractivity contribution is 0.0526. The quantitative estimate of drug-likeness (QED) is 0.664. The molecule has 0 aliphatic carbocycles. The Bertz CT molecular complexity index is 580. The van der Waals surface area contributed by atoms with Gasteiger partial charge in [0.25, 0.3) is 0 Å². The Kier molecular flexibility index (Phi) is 3.27. The van der Waals surface area contributed by atoms with Crippen LogP contribution in [0.15, 0.2) is 30.6 Å². The number of hydrogen-bond acceptors (Lipinski definition) is 4. The number of ether oxygens (including phenoxy) is 1. The summed E-state index contributed by atoms with van der Waals surface area (Å²) >= 11 is 0. The van der Waals surface area contributed by atoms with Gasteiger partial charge in [0.05, 0.1) is 18.4 Å². The number of benzene rings is 1. The molecule has 0 saturated heterocycles. The van der Waals surface area contributed by atoms with Gasteiger partial charge >= 0.3 is 5.97 Å². The summed E-state index contributed by atoms with van der Waals surface area (Å²) in [6.45, 7) is 1.99. The van der Waals surface area contributed by atoms with Gasteiger partial charge in [-0.05, 0) is 25.1 Å². The van der Waals surface area contributed by atoms with E-state index in [2.05, 4.69) is 5.10 Å². The average Bonchev–Trinajstić information content (AvgIpc) is 2.78. The normalized spacial score (nSPS) is 10.3. The SMILES string of the molecule is CCOC(=O)c1cnn(-c2ccc(N)cc2F)c1. The van der Waals surface area contributed by atoms with Crippen molar-refractivity contribution in [2.75, 3.05) is 12.3 Å². The minimum atomic E-state index is -0.506. The maximum atomic E-state index is 13.6. The highest BCUT2D eigenvalue weighted by molar-refractivity contribution is 5.88. The van der Waals surface area contributed by atoms with E-state index < -0.39 is 11.8 Å². The Balaban J connectivity index is 2.32. The molecule has 0 saturated carbocycles. The first-order chi connectivity index (χ1) is 8.61. The predicted octanol–water partition coefficient (Wildman–Crippen LogP) is 1.77. The molecule has 0 spiro atoms. The van der Waals surface area contributed by atoms with Crippen LogP contribution in [0.5, 0.6) is 0 Å². The summed E-state index contributed by atoms with van der Waals surface area (Å²) in [4.78, 5) is 11.4. The summed E-state index contributed by atoms with van der Waals surface area (Å²) < 4.78 is 19.7. The smallest absolute Gasteiger partial charge is 0.341 e. The molecular formula is C12H12FN3O2. The van der Waals surface area contributed by atoms with Crippen LogP contribution in [-0.4, -0.2) is 22.4 Å². The van der Waals surface area contributed by atoms with E-state index in [1.54, 1.807) is 13.0 Å². The van der Waals surface area contributed by atoms with Gasteiger partial charge in [0, 0.05) is 11.9 Å². The third kappa shape index (κ3) is 2.32. The van der Waals surface area contributed by atoms with Gasteiger partial charge in [0.2, 0.25) is 0 Å². The number of carbonyl (C=O) groups is 1. The third-order valence-electron chi connectivity index (χ3n) is 2.31. The molecule has 2 rings (SSSR count). The van der Waals surface area contributed by atoms with E-state index in [1.165, 1.54) is 29.2 Å². The Hall–Kier alpha value is -2.37. The fourth-order valence-corrected chi connectivity index (χ4v) is 1.48. The summed E-state index contributed by atoms with van der Waals surface area (Å²) in [5.74, 6) is -0.992. The maximum absolute atomic E-state index is 13.6. The van der Waals surface area contributed by atoms with E-state index in [1.807, 2.05) is 0 Å². The molecule has 2 N–H and O–H groups in total. The number of nitrogen functional groups attached to an aromatic ring is 1. The van der Waals surface area contributed by atoms with Gasteiger partial charge in [-0.3, -0.25) is 0 Å². The lowest BCUT2D eigenvalue weighted by Gasteiger charge is -2.03. The zero-order chi connectivity index (χ0) is 13.1. The van der Waals surface area contributed by atoms with E-state index in [-0.39, 0.29) is 17.9 Å². The van der Waals surface area contributed by atoms with Crippen LogP contribution in [0.2, 0.25) is 0 Å². The second-order valence-corrected chi connectivity index (χ2v) is 3.60. The molecule has 0 atom stereocenters. The zero-order valence-corrected chi connectivity index (χ0v) is 9.76. The summed E-state index contributed by atoms with van der Waals surface area (Å²) in [7, 11) is 0. The maximum Gasteiger partial charge on any atom is 0.341 e. The van der Waals surface area contributed by atoms with Gasteiger partial charge in [-0.15, -0.1) is 0 Å². The van der Waals surface area contributed by atoms with Crippen LogP contribution in [0, 0.1) is 5.82 Å². The monoisotopic (exact) mass is 249 g/mol. The van der Waals surface area contributed by atoms with Gasteiger partial charge in [0.1, 0.15) is 5.69 Å². The highest BCUT2D eigenvalue weighted by Crippen LogP contribution is 2.16. The van der Waals surface area contributed by atoms with E-state index in [0.717, 1.165) is 0 Å². The van der Waals surface area contributed by atoms with Crippen molar-refractivity contribution in [2.45, 2.75) is 6.92 Å². The molecular weight excluding hydrogens is 237 g/mol. The van der Waals surface area contributed by atoms with Gasteiger partial charge < -0.3 is 10.5 Å². The van der Waals surface area contributed by atoms with Gasteiger partial charge in [-0.2, -0.15) is 5.10 Å². The lowest BCUT2D eigenvalue weighted by atomic mass is 10.2. The first-order valence-corrected chi connectivity index (χ1v) is 5.39. The Morgan fingerprint density at radius 1 is 1.56 bits per heavy atom. The van der Waals surface area contributed by atoms with Gasteiger partial charge in [-0.1, -0.05) is 0 Å². The van der Waals surface area contributed by atoms with Crippen LogP contribution in [0.3, 0.4) is 0 Å². The van der Waals surface area contributed by atoms with E-state index >= 15 is 0 Å². The molecule has 1 aromatic carbocycles. The summed E-state index contributed by atoms with van der Waals surface area (Å²) in [5.41, 5.74) is 6.28. The lowest BCUT2D eigenvalue weighted by Crippen LogP contribution is -2.03. The summed E-state index contributed by atoms with van der Waals surface area (Å²) in [6, 6.07) is 4.25. The molecule has 0 amide bonds. The van der Waals surface area contributed by atoms with Crippen molar-refractivity contribution in [3.8, 4) is 5.69 Å². The molecule has 0 radical (unpaired) electrons. The van der Waals surface area contributed by atoms with Crippen molar-refractivity contribution in [2.24, 2.45) is 0 Å². The zero-order valence-electron chi connectivity index (χ0n) is 9.76. The van der Waals surface area contributed by atoms with Crippen LogP contribution in [0.1, 0.15) is 17.3 Å². The summed E-state index contributed by atoms with van der Waals surface area (Å²) in [5, 5.41) is 3.92.